The highest BCUT2D eigenvalue weighted by molar-refractivity contribution is 6.74. The molecule has 0 amide bonds. The zero-order valence-corrected chi connectivity index (χ0v) is 26.6. The van der Waals surface area contributed by atoms with Gasteiger partial charge < -0.3 is 19.2 Å². The minimum absolute atomic E-state index is 0.0433. The average Bonchev–Trinajstić information content (AvgIpc) is 2.96. The number of piperazine rings is 1. The fourth-order valence-corrected chi connectivity index (χ4v) is 6.28. The molecule has 0 spiro atoms. The fourth-order valence-electron chi connectivity index (χ4n) is 5.00. The quantitative estimate of drug-likeness (QED) is 0.192. The summed E-state index contributed by atoms with van der Waals surface area (Å²) in [6, 6.07) is 24.4. The van der Waals surface area contributed by atoms with E-state index in [1.165, 1.54) is 11.1 Å². The van der Waals surface area contributed by atoms with Gasteiger partial charge in [-0.1, -0.05) is 87.0 Å². The number of benzene rings is 3. The predicted molar refractivity (Wildman–Crippen MR) is 171 cm³/mol. The third-order valence-corrected chi connectivity index (χ3v) is 13.2. The normalized spacial score (nSPS) is 17.2. The third kappa shape index (κ3) is 7.51. The number of hydrogen-bond acceptors (Lipinski definition) is 5. The van der Waals surface area contributed by atoms with E-state index >= 15 is 0 Å². The zero-order valence-electron chi connectivity index (χ0n) is 24.8. The van der Waals surface area contributed by atoms with Crippen molar-refractivity contribution in [3.63, 3.8) is 0 Å². The molecule has 1 aliphatic rings. The molecule has 0 radical (unpaired) electrons. The minimum atomic E-state index is -1.98. The lowest BCUT2D eigenvalue weighted by Crippen LogP contribution is -2.51. The lowest BCUT2D eigenvalue weighted by Gasteiger charge is -2.47. The summed E-state index contributed by atoms with van der Waals surface area (Å²) >= 11 is 6.82. The zero-order chi connectivity index (χ0) is 29.6. The van der Waals surface area contributed by atoms with Crippen LogP contribution in [0.25, 0.3) is 4.85 Å². The smallest absolute Gasteiger partial charge is 0.192 e. The van der Waals surface area contributed by atoms with E-state index in [0.717, 1.165) is 25.3 Å². The fraction of sp³-hybridized carbons (Fsp3) is 0.424. The first kappa shape index (κ1) is 31.1. The van der Waals surface area contributed by atoms with Crippen molar-refractivity contribution >= 4 is 31.3 Å². The molecule has 3 aromatic carbocycles. The highest BCUT2D eigenvalue weighted by Gasteiger charge is 2.39. The van der Waals surface area contributed by atoms with Gasteiger partial charge in [0.05, 0.1) is 42.6 Å². The summed E-state index contributed by atoms with van der Waals surface area (Å²) in [6.45, 7) is 22.0. The molecular weight excluding hydrogens is 550 g/mol. The maximum absolute atomic E-state index is 9.13. The highest BCUT2D eigenvalue weighted by atomic mass is 35.5. The molecule has 218 valence electrons. The van der Waals surface area contributed by atoms with Crippen molar-refractivity contribution in [1.82, 2.24) is 4.90 Å². The molecule has 6 nitrogen and oxygen atoms in total. The van der Waals surface area contributed by atoms with Crippen LogP contribution in [0, 0.1) is 6.57 Å². The molecule has 1 heterocycles. The molecule has 2 atom stereocenters. The SMILES string of the molecule is [C-]#[N+]c1ccc([C@H](CO[Si](C)(C)C(C)(C)C)N2CCN(c3ccc(OCCO)cc3Cl)[C@H](c3ccccc3)C2)cc1. The van der Waals surface area contributed by atoms with Crippen molar-refractivity contribution in [3.05, 3.63) is 100 Å². The molecule has 1 aliphatic heterocycles. The summed E-state index contributed by atoms with van der Waals surface area (Å²) in [6.07, 6.45) is 0. The molecule has 3 aromatic rings. The van der Waals surface area contributed by atoms with Crippen LogP contribution in [0.5, 0.6) is 5.75 Å². The predicted octanol–water partition coefficient (Wildman–Crippen LogP) is 7.89. The molecular formula is C33H42ClN3O3Si. The van der Waals surface area contributed by atoms with E-state index in [4.69, 9.17) is 32.4 Å². The van der Waals surface area contributed by atoms with E-state index in [9.17, 15) is 0 Å². The highest BCUT2D eigenvalue weighted by Crippen LogP contribution is 2.41. The Balaban J connectivity index is 1.66. The monoisotopic (exact) mass is 591 g/mol. The molecule has 0 aromatic heterocycles. The van der Waals surface area contributed by atoms with Crippen molar-refractivity contribution in [2.24, 2.45) is 0 Å². The van der Waals surface area contributed by atoms with Crippen molar-refractivity contribution in [2.45, 2.75) is 51.0 Å². The third-order valence-electron chi connectivity index (χ3n) is 8.44. The molecule has 1 fully saturated rings. The van der Waals surface area contributed by atoms with E-state index in [2.05, 4.69) is 84.9 Å². The maximum atomic E-state index is 9.13. The molecule has 1 N–H and O–H groups in total. The molecule has 8 heteroatoms. The standard InChI is InChI=1S/C33H42ClN3O3Si/c1-33(2,3)41(5,6)40-24-32(26-12-14-27(35-4)15-13-26)36-18-19-37(31(23-36)25-10-8-7-9-11-25)30-17-16-28(22-29(30)34)39-21-20-38/h7-17,22,31-32,38H,18-21,23-24H2,1-3,5-6H3/t31-,32-/m0/s1. The topological polar surface area (TPSA) is 49.5 Å². The van der Waals surface area contributed by atoms with Gasteiger partial charge in [-0.2, -0.15) is 0 Å². The van der Waals surface area contributed by atoms with Crippen LogP contribution in [-0.4, -0.2) is 57.8 Å². The number of aliphatic hydroxyl groups excluding tert-OH is 1. The van der Waals surface area contributed by atoms with Gasteiger partial charge in [-0.15, -0.1) is 0 Å². The Bertz CT molecular complexity index is 1320. The summed E-state index contributed by atoms with van der Waals surface area (Å²) in [7, 11) is -1.98. The van der Waals surface area contributed by atoms with Gasteiger partial charge in [0.1, 0.15) is 12.4 Å². The first-order chi connectivity index (χ1) is 19.5. The molecule has 1 saturated heterocycles. The van der Waals surface area contributed by atoms with E-state index in [1.54, 1.807) is 0 Å². The minimum Gasteiger partial charge on any atom is -0.491 e. The maximum Gasteiger partial charge on any atom is 0.192 e. The van der Waals surface area contributed by atoms with Gasteiger partial charge in [0.2, 0.25) is 0 Å². The van der Waals surface area contributed by atoms with Gasteiger partial charge in [-0.05, 0) is 41.4 Å². The van der Waals surface area contributed by atoms with Crippen molar-refractivity contribution < 1.29 is 14.3 Å². The van der Waals surface area contributed by atoms with E-state index in [0.29, 0.717) is 23.1 Å². The number of aliphatic hydroxyl groups is 1. The van der Waals surface area contributed by atoms with Crippen LogP contribution in [0.1, 0.15) is 44.0 Å². The largest absolute Gasteiger partial charge is 0.491 e. The summed E-state index contributed by atoms with van der Waals surface area (Å²) in [5, 5.41) is 9.86. The number of halogens is 1. The molecule has 4 rings (SSSR count). The van der Waals surface area contributed by atoms with E-state index in [-0.39, 0.29) is 30.3 Å². The van der Waals surface area contributed by atoms with Gasteiger partial charge in [0.25, 0.3) is 0 Å². The summed E-state index contributed by atoms with van der Waals surface area (Å²) in [5.41, 5.74) is 4.00. The first-order valence-electron chi connectivity index (χ1n) is 14.2. The van der Waals surface area contributed by atoms with Gasteiger partial charge in [-0.25, -0.2) is 4.85 Å². The van der Waals surface area contributed by atoms with Crippen LogP contribution in [0.3, 0.4) is 0 Å². The van der Waals surface area contributed by atoms with Crippen LogP contribution in [0.4, 0.5) is 11.4 Å². The second kappa shape index (κ2) is 13.4. The lowest BCUT2D eigenvalue weighted by molar-refractivity contribution is 0.106. The summed E-state index contributed by atoms with van der Waals surface area (Å²) < 4.78 is 12.4. The van der Waals surface area contributed by atoms with Gasteiger partial charge >= 0.3 is 0 Å². The molecule has 0 aliphatic carbocycles. The van der Waals surface area contributed by atoms with Crippen LogP contribution in [0.2, 0.25) is 23.2 Å². The summed E-state index contributed by atoms with van der Waals surface area (Å²) in [4.78, 5) is 8.51. The van der Waals surface area contributed by atoms with Crippen LogP contribution in [-0.2, 0) is 4.43 Å². The number of anilines is 1. The Kier molecular flexibility index (Phi) is 10.2. The second-order valence-electron chi connectivity index (χ2n) is 12.1. The van der Waals surface area contributed by atoms with Gasteiger partial charge in [0.15, 0.2) is 14.0 Å². The van der Waals surface area contributed by atoms with Crippen LogP contribution >= 0.6 is 11.6 Å². The van der Waals surface area contributed by atoms with Crippen LogP contribution in [0.15, 0.2) is 72.8 Å². The number of hydrogen-bond donors (Lipinski definition) is 1. The molecule has 0 saturated carbocycles. The number of rotatable bonds is 10. The van der Waals surface area contributed by atoms with Gasteiger partial charge in [0, 0.05) is 25.7 Å². The van der Waals surface area contributed by atoms with Crippen LogP contribution < -0.4 is 9.64 Å². The average molecular weight is 592 g/mol. The summed E-state index contributed by atoms with van der Waals surface area (Å²) in [5.74, 6) is 0.647. The Morgan fingerprint density at radius 3 is 2.37 bits per heavy atom. The van der Waals surface area contributed by atoms with E-state index < -0.39 is 8.32 Å². The molecule has 41 heavy (non-hydrogen) atoms. The Morgan fingerprint density at radius 2 is 1.76 bits per heavy atom. The van der Waals surface area contributed by atoms with Crippen molar-refractivity contribution in [1.29, 1.82) is 0 Å². The second-order valence-corrected chi connectivity index (χ2v) is 17.3. The van der Waals surface area contributed by atoms with Gasteiger partial charge in [-0.3, -0.25) is 4.90 Å². The van der Waals surface area contributed by atoms with E-state index in [1.807, 2.05) is 36.4 Å². The van der Waals surface area contributed by atoms with Crippen molar-refractivity contribution in [2.75, 3.05) is 44.4 Å². The lowest BCUT2D eigenvalue weighted by atomic mass is 9.98. The Labute approximate surface area is 251 Å². The van der Waals surface area contributed by atoms with Crippen molar-refractivity contribution in [3.8, 4) is 5.75 Å². The molecule has 0 bridgehead atoms. The molecule has 0 unspecified atom stereocenters. The number of nitrogens with zero attached hydrogens (tertiary/aromatic N) is 3. The first-order valence-corrected chi connectivity index (χ1v) is 17.5. The Morgan fingerprint density at radius 1 is 1.05 bits per heavy atom. The Hall–Kier alpha value is -2.86. The number of ether oxygens (including phenoxy) is 1.